The number of hydrogen-bond donors (Lipinski definition) is 3. The Labute approximate surface area is 155 Å². The van der Waals surface area contributed by atoms with E-state index in [1.807, 2.05) is 24.3 Å². The zero-order valence-electron chi connectivity index (χ0n) is 15.1. The number of rotatable bonds is 7. The van der Waals surface area contributed by atoms with E-state index in [1.165, 1.54) is 12.3 Å². The van der Waals surface area contributed by atoms with Gasteiger partial charge in [0.2, 0.25) is 0 Å². The molecule has 1 aromatic heterocycles. The Hall–Kier alpha value is -2.97. The van der Waals surface area contributed by atoms with Gasteiger partial charge in [-0.1, -0.05) is 12.1 Å². The van der Waals surface area contributed by atoms with Gasteiger partial charge >= 0.3 is 6.18 Å². The summed E-state index contributed by atoms with van der Waals surface area (Å²) in [6, 6.07) is 9.85. The topological polar surface area (TPSA) is 70.6 Å². The number of aliphatic imine (C=N–C) groups is 1. The second-order valence-electron chi connectivity index (χ2n) is 5.52. The summed E-state index contributed by atoms with van der Waals surface area (Å²) in [7, 11) is 3.23. The molecule has 0 fully saturated rings. The fourth-order valence-electron chi connectivity index (χ4n) is 2.29. The molecule has 2 rings (SSSR count). The lowest BCUT2D eigenvalue weighted by Crippen LogP contribution is -2.39. The first-order valence-corrected chi connectivity index (χ1v) is 8.27. The molecular formula is C18H22F3N5O. The zero-order chi connectivity index (χ0) is 19.7. The maximum atomic E-state index is 12.9. The molecule has 6 nitrogen and oxygen atoms in total. The molecule has 0 spiro atoms. The third-order valence-corrected chi connectivity index (χ3v) is 3.67. The number of methoxy groups -OCH3 is 1. The fraction of sp³-hybridized carbons (Fsp3) is 0.333. The zero-order valence-corrected chi connectivity index (χ0v) is 15.1. The van der Waals surface area contributed by atoms with Crippen LogP contribution in [-0.2, 0) is 12.7 Å². The largest absolute Gasteiger partial charge is 0.497 e. The number of halogens is 3. The van der Waals surface area contributed by atoms with Crippen LogP contribution in [0.3, 0.4) is 0 Å². The lowest BCUT2D eigenvalue weighted by atomic mass is 10.2. The van der Waals surface area contributed by atoms with Gasteiger partial charge in [-0.25, -0.2) is 4.98 Å². The Balaban J connectivity index is 1.78. The molecule has 0 atom stereocenters. The Bertz CT molecular complexity index is 747. The monoisotopic (exact) mass is 381 g/mol. The molecule has 0 aliphatic heterocycles. The van der Waals surface area contributed by atoms with Gasteiger partial charge in [-0.2, -0.15) is 13.2 Å². The Morgan fingerprint density at radius 2 is 1.85 bits per heavy atom. The highest BCUT2D eigenvalue weighted by Crippen LogP contribution is 2.33. The van der Waals surface area contributed by atoms with Crippen molar-refractivity contribution in [3.8, 4) is 5.75 Å². The number of ether oxygens (including phenoxy) is 1. The van der Waals surface area contributed by atoms with Crippen molar-refractivity contribution in [2.24, 2.45) is 4.99 Å². The van der Waals surface area contributed by atoms with Crippen LogP contribution in [0.4, 0.5) is 19.0 Å². The van der Waals surface area contributed by atoms with Crippen molar-refractivity contribution in [3.05, 3.63) is 53.7 Å². The van der Waals surface area contributed by atoms with Crippen molar-refractivity contribution in [3.63, 3.8) is 0 Å². The van der Waals surface area contributed by atoms with Crippen LogP contribution in [0.1, 0.15) is 11.1 Å². The number of pyridine rings is 1. The summed E-state index contributed by atoms with van der Waals surface area (Å²) in [5.74, 6) is 1.14. The van der Waals surface area contributed by atoms with Gasteiger partial charge in [-0.15, -0.1) is 0 Å². The maximum Gasteiger partial charge on any atom is 0.419 e. The molecular weight excluding hydrogens is 359 g/mol. The van der Waals surface area contributed by atoms with Gasteiger partial charge < -0.3 is 20.7 Å². The maximum absolute atomic E-state index is 12.9. The summed E-state index contributed by atoms with van der Waals surface area (Å²) in [6.45, 7) is 1.18. The van der Waals surface area contributed by atoms with Crippen LogP contribution in [0.15, 0.2) is 47.6 Å². The van der Waals surface area contributed by atoms with E-state index in [4.69, 9.17) is 4.74 Å². The van der Waals surface area contributed by atoms with E-state index in [2.05, 4.69) is 25.9 Å². The number of anilines is 1. The van der Waals surface area contributed by atoms with Crippen molar-refractivity contribution >= 4 is 11.8 Å². The minimum atomic E-state index is -4.44. The molecule has 0 saturated carbocycles. The van der Waals surface area contributed by atoms with E-state index in [-0.39, 0.29) is 12.4 Å². The molecule has 0 saturated heterocycles. The number of benzene rings is 1. The Morgan fingerprint density at radius 3 is 2.48 bits per heavy atom. The summed E-state index contributed by atoms with van der Waals surface area (Å²) < 4.78 is 43.9. The van der Waals surface area contributed by atoms with Gasteiger partial charge in [0.15, 0.2) is 5.96 Å². The number of nitrogens with one attached hydrogen (secondary N) is 3. The summed E-state index contributed by atoms with van der Waals surface area (Å²) in [5, 5.41) is 8.86. The summed E-state index contributed by atoms with van der Waals surface area (Å²) >= 11 is 0. The normalized spacial score (nSPS) is 11.8. The number of nitrogens with zero attached hydrogens (tertiary/aromatic N) is 2. The van der Waals surface area contributed by atoms with E-state index < -0.39 is 11.7 Å². The van der Waals surface area contributed by atoms with Crippen molar-refractivity contribution in [2.45, 2.75) is 12.7 Å². The first-order valence-electron chi connectivity index (χ1n) is 8.27. The van der Waals surface area contributed by atoms with Gasteiger partial charge in [0, 0.05) is 32.9 Å². The SMILES string of the molecule is CN=C(NCCNc1ncccc1C(F)(F)F)NCc1ccc(OC)cc1. The van der Waals surface area contributed by atoms with Crippen molar-refractivity contribution in [1.29, 1.82) is 0 Å². The molecule has 9 heteroatoms. The van der Waals surface area contributed by atoms with Crippen LogP contribution in [-0.4, -0.2) is 38.2 Å². The number of hydrogen-bond acceptors (Lipinski definition) is 4. The highest BCUT2D eigenvalue weighted by Gasteiger charge is 2.33. The standard InChI is InChI=1S/C18H22F3N5O/c1-22-17(26-12-13-5-7-14(27-2)8-6-13)25-11-10-24-16-15(18(19,20)21)4-3-9-23-16/h3-9H,10-12H2,1-2H3,(H,23,24)(H2,22,25,26). The molecule has 0 aliphatic rings. The Kier molecular flexibility index (Phi) is 7.27. The highest BCUT2D eigenvalue weighted by atomic mass is 19.4. The van der Waals surface area contributed by atoms with E-state index >= 15 is 0 Å². The summed E-state index contributed by atoms with van der Waals surface area (Å²) in [4.78, 5) is 7.84. The molecule has 0 radical (unpaired) electrons. The summed E-state index contributed by atoms with van der Waals surface area (Å²) in [5.41, 5.74) is 0.257. The highest BCUT2D eigenvalue weighted by molar-refractivity contribution is 5.79. The molecule has 0 aliphatic carbocycles. The van der Waals surface area contributed by atoms with E-state index in [9.17, 15) is 13.2 Å². The first kappa shape index (κ1) is 20.3. The quantitative estimate of drug-likeness (QED) is 0.391. The van der Waals surface area contributed by atoms with Crippen LogP contribution in [0.25, 0.3) is 0 Å². The third-order valence-electron chi connectivity index (χ3n) is 3.67. The fourth-order valence-corrected chi connectivity index (χ4v) is 2.29. The molecule has 1 heterocycles. The Morgan fingerprint density at radius 1 is 1.11 bits per heavy atom. The number of aromatic nitrogens is 1. The predicted octanol–water partition coefficient (Wildman–Crippen LogP) is 2.89. The number of alkyl halides is 3. The van der Waals surface area contributed by atoms with Crippen molar-refractivity contribution in [1.82, 2.24) is 15.6 Å². The van der Waals surface area contributed by atoms with Crippen molar-refractivity contribution in [2.75, 3.05) is 32.6 Å². The molecule has 2 aromatic rings. The summed E-state index contributed by atoms with van der Waals surface area (Å²) in [6.07, 6.45) is -3.12. The van der Waals surface area contributed by atoms with Gasteiger partial charge in [0.1, 0.15) is 11.6 Å². The van der Waals surface area contributed by atoms with Crippen LogP contribution in [0.5, 0.6) is 5.75 Å². The van der Waals surface area contributed by atoms with Gasteiger partial charge in [0.25, 0.3) is 0 Å². The van der Waals surface area contributed by atoms with E-state index in [0.717, 1.165) is 17.4 Å². The minimum absolute atomic E-state index is 0.187. The van der Waals surface area contributed by atoms with Gasteiger partial charge in [0.05, 0.1) is 12.7 Å². The lowest BCUT2D eigenvalue weighted by Gasteiger charge is -2.15. The smallest absolute Gasteiger partial charge is 0.419 e. The molecule has 0 amide bonds. The van der Waals surface area contributed by atoms with Crippen LogP contribution in [0, 0.1) is 0 Å². The van der Waals surface area contributed by atoms with Crippen LogP contribution < -0.4 is 20.7 Å². The van der Waals surface area contributed by atoms with Gasteiger partial charge in [-0.05, 0) is 29.8 Å². The lowest BCUT2D eigenvalue weighted by molar-refractivity contribution is -0.137. The van der Waals surface area contributed by atoms with E-state index in [1.54, 1.807) is 14.2 Å². The molecule has 0 bridgehead atoms. The molecule has 146 valence electrons. The van der Waals surface area contributed by atoms with Crippen LogP contribution >= 0.6 is 0 Å². The second kappa shape index (κ2) is 9.65. The number of guanidine groups is 1. The molecule has 1 aromatic carbocycles. The molecule has 27 heavy (non-hydrogen) atoms. The average molecular weight is 381 g/mol. The first-order chi connectivity index (χ1) is 12.9. The van der Waals surface area contributed by atoms with Crippen LogP contribution in [0.2, 0.25) is 0 Å². The predicted molar refractivity (Wildman–Crippen MR) is 98.9 cm³/mol. The molecule has 0 unspecified atom stereocenters. The van der Waals surface area contributed by atoms with Crippen molar-refractivity contribution < 1.29 is 17.9 Å². The average Bonchev–Trinajstić information content (AvgIpc) is 2.67. The second-order valence-corrected chi connectivity index (χ2v) is 5.52. The minimum Gasteiger partial charge on any atom is -0.497 e. The van der Waals surface area contributed by atoms with E-state index in [0.29, 0.717) is 19.0 Å². The van der Waals surface area contributed by atoms with Gasteiger partial charge in [-0.3, -0.25) is 4.99 Å². The molecule has 3 N–H and O–H groups in total. The third kappa shape index (κ3) is 6.36.